The number of hydrogen-bond donors (Lipinski definition) is 2. The first-order valence-electron chi connectivity index (χ1n) is 7.87. The SMILES string of the molecule is CC(O)Cc1c(C(N)=O)c(=O)n(Cc2ccccn2)c2cccnc12. The van der Waals surface area contributed by atoms with E-state index in [0.717, 1.165) is 0 Å². The molecule has 1 atom stereocenters. The van der Waals surface area contributed by atoms with Gasteiger partial charge in [-0.25, -0.2) is 0 Å². The molecule has 0 bridgehead atoms. The van der Waals surface area contributed by atoms with Crippen molar-refractivity contribution in [2.24, 2.45) is 5.73 Å². The molecule has 128 valence electrons. The summed E-state index contributed by atoms with van der Waals surface area (Å²) in [5, 5.41) is 9.77. The summed E-state index contributed by atoms with van der Waals surface area (Å²) in [6, 6.07) is 8.87. The molecule has 3 aromatic heterocycles. The summed E-state index contributed by atoms with van der Waals surface area (Å²) in [7, 11) is 0. The highest BCUT2D eigenvalue weighted by molar-refractivity contribution is 5.98. The third kappa shape index (κ3) is 3.27. The summed E-state index contributed by atoms with van der Waals surface area (Å²) in [5.41, 5.74) is 6.92. The van der Waals surface area contributed by atoms with Crippen LogP contribution in [-0.4, -0.2) is 31.7 Å². The molecule has 0 aromatic carbocycles. The average Bonchev–Trinajstić information content (AvgIpc) is 2.58. The van der Waals surface area contributed by atoms with E-state index >= 15 is 0 Å². The molecule has 7 nitrogen and oxygen atoms in total. The summed E-state index contributed by atoms with van der Waals surface area (Å²) in [6.07, 6.45) is 2.59. The van der Waals surface area contributed by atoms with Gasteiger partial charge in [0.15, 0.2) is 0 Å². The Hall–Kier alpha value is -3.06. The van der Waals surface area contributed by atoms with E-state index in [9.17, 15) is 14.7 Å². The molecular weight excluding hydrogens is 320 g/mol. The summed E-state index contributed by atoms with van der Waals surface area (Å²) < 4.78 is 1.44. The molecule has 7 heteroatoms. The van der Waals surface area contributed by atoms with Gasteiger partial charge in [0.1, 0.15) is 5.56 Å². The van der Waals surface area contributed by atoms with Crippen molar-refractivity contribution in [1.29, 1.82) is 0 Å². The zero-order valence-corrected chi connectivity index (χ0v) is 13.7. The summed E-state index contributed by atoms with van der Waals surface area (Å²) in [6.45, 7) is 1.77. The van der Waals surface area contributed by atoms with Gasteiger partial charge in [-0.15, -0.1) is 0 Å². The Labute approximate surface area is 143 Å². The van der Waals surface area contributed by atoms with Crippen LogP contribution < -0.4 is 11.3 Å². The van der Waals surface area contributed by atoms with Crippen molar-refractivity contribution in [1.82, 2.24) is 14.5 Å². The Bertz CT molecular complexity index is 981. The van der Waals surface area contributed by atoms with Crippen molar-refractivity contribution in [3.8, 4) is 0 Å². The number of primary amides is 1. The molecule has 0 aliphatic carbocycles. The lowest BCUT2D eigenvalue weighted by molar-refractivity contribution is 0.0997. The second-order valence-corrected chi connectivity index (χ2v) is 5.85. The number of rotatable bonds is 5. The van der Waals surface area contributed by atoms with Gasteiger partial charge < -0.3 is 15.4 Å². The maximum absolute atomic E-state index is 13.0. The lowest BCUT2D eigenvalue weighted by Crippen LogP contribution is -2.33. The van der Waals surface area contributed by atoms with Gasteiger partial charge in [-0.3, -0.25) is 19.6 Å². The molecule has 0 saturated heterocycles. The highest BCUT2D eigenvalue weighted by atomic mass is 16.3. The highest BCUT2D eigenvalue weighted by Crippen LogP contribution is 2.20. The minimum absolute atomic E-state index is 0.117. The van der Waals surface area contributed by atoms with Crippen LogP contribution in [0.25, 0.3) is 11.0 Å². The van der Waals surface area contributed by atoms with Crippen molar-refractivity contribution in [2.75, 3.05) is 0 Å². The molecule has 3 heterocycles. The number of amides is 1. The molecule has 0 radical (unpaired) electrons. The average molecular weight is 338 g/mol. The standard InChI is InChI=1S/C18H18N4O3/c1-11(23)9-13-15(17(19)24)18(25)22(10-12-5-2-3-7-20-12)14-6-4-8-21-16(13)14/h2-8,11,23H,9-10H2,1H3,(H2,19,24). The van der Waals surface area contributed by atoms with E-state index in [4.69, 9.17) is 5.73 Å². The quantitative estimate of drug-likeness (QED) is 0.717. The van der Waals surface area contributed by atoms with Crippen molar-refractivity contribution >= 4 is 16.9 Å². The molecule has 3 N–H and O–H groups in total. The molecule has 3 rings (SSSR count). The summed E-state index contributed by atoms with van der Waals surface area (Å²) in [4.78, 5) is 33.5. The minimum atomic E-state index is -0.831. The topological polar surface area (TPSA) is 111 Å². The molecule has 1 amide bonds. The van der Waals surface area contributed by atoms with Gasteiger partial charge in [0.25, 0.3) is 11.5 Å². The maximum atomic E-state index is 13.0. The monoisotopic (exact) mass is 338 g/mol. The van der Waals surface area contributed by atoms with Crippen molar-refractivity contribution in [2.45, 2.75) is 26.0 Å². The van der Waals surface area contributed by atoms with E-state index in [1.54, 1.807) is 43.6 Å². The van der Waals surface area contributed by atoms with Gasteiger partial charge in [0, 0.05) is 24.4 Å². The zero-order chi connectivity index (χ0) is 18.0. The second-order valence-electron chi connectivity index (χ2n) is 5.85. The fraction of sp³-hybridized carbons (Fsp3) is 0.222. The van der Waals surface area contributed by atoms with Crippen LogP contribution >= 0.6 is 0 Å². The number of aliphatic hydroxyl groups is 1. The van der Waals surface area contributed by atoms with Crippen LogP contribution in [0.2, 0.25) is 0 Å². The van der Waals surface area contributed by atoms with Gasteiger partial charge in [-0.1, -0.05) is 6.07 Å². The van der Waals surface area contributed by atoms with Crippen LogP contribution in [-0.2, 0) is 13.0 Å². The molecular formula is C18H18N4O3. The van der Waals surface area contributed by atoms with Crippen molar-refractivity contribution in [3.63, 3.8) is 0 Å². The lowest BCUT2D eigenvalue weighted by Gasteiger charge is -2.16. The molecule has 25 heavy (non-hydrogen) atoms. The number of carbonyl (C=O) groups excluding carboxylic acids is 1. The van der Waals surface area contributed by atoms with Crippen LogP contribution in [0.1, 0.15) is 28.5 Å². The van der Waals surface area contributed by atoms with E-state index in [2.05, 4.69) is 9.97 Å². The number of aromatic nitrogens is 3. The predicted molar refractivity (Wildman–Crippen MR) is 93.2 cm³/mol. The highest BCUT2D eigenvalue weighted by Gasteiger charge is 2.22. The third-order valence-electron chi connectivity index (χ3n) is 3.92. The zero-order valence-electron chi connectivity index (χ0n) is 13.7. The number of nitrogens with two attached hydrogens (primary N) is 1. The van der Waals surface area contributed by atoms with E-state index < -0.39 is 17.6 Å². The Morgan fingerprint density at radius 3 is 2.64 bits per heavy atom. The van der Waals surface area contributed by atoms with E-state index in [1.807, 2.05) is 6.07 Å². The predicted octanol–water partition coefficient (Wildman–Crippen LogP) is 0.862. The lowest BCUT2D eigenvalue weighted by atomic mass is 10.0. The van der Waals surface area contributed by atoms with Crippen LogP contribution in [0.4, 0.5) is 0 Å². The largest absolute Gasteiger partial charge is 0.393 e. The van der Waals surface area contributed by atoms with Crippen LogP contribution in [0.15, 0.2) is 47.5 Å². The number of pyridine rings is 3. The van der Waals surface area contributed by atoms with E-state index in [1.165, 1.54) is 4.57 Å². The molecule has 1 unspecified atom stereocenters. The summed E-state index contributed by atoms with van der Waals surface area (Å²) in [5.74, 6) is -0.831. The van der Waals surface area contributed by atoms with Crippen LogP contribution in [0.5, 0.6) is 0 Å². The van der Waals surface area contributed by atoms with Gasteiger partial charge in [0.2, 0.25) is 0 Å². The minimum Gasteiger partial charge on any atom is -0.393 e. The number of fused-ring (bicyclic) bond motifs is 1. The molecule has 0 aliphatic heterocycles. The van der Waals surface area contributed by atoms with Gasteiger partial charge in [0.05, 0.1) is 29.4 Å². The molecule has 0 spiro atoms. The van der Waals surface area contributed by atoms with Gasteiger partial charge in [-0.05, 0) is 31.2 Å². The molecule has 0 aliphatic rings. The van der Waals surface area contributed by atoms with Crippen molar-refractivity contribution < 1.29 is 9.90 Å². The first-order valence-corrected chi connectivity index (χ1v) is 7.87. The maximum Gasteiger partial charge on any atom is 0.264 e. The second kappa shape index (κ2) is 6.82. The molecule has 0 fully saturated rings. The number of aliphatic hydroxyl groups excluding tert-OH is 1. The van der Waals surface area contributed by atoms with Gasteiger partial charge >= 0.3 is 0 Å². The first kappa shape index (κ1) is 16.8. The Morgan fingerprint density at radius 1 is 1.24 bits per heavy atom. The smallest absolute Gasteiger partial charge is 0.264 e. The fourth-order valence-electron chi connectivity index (χ4n) is 2.90. The Balaban J connectivity index is 2.32. The first-order chi connectivity index (χ1) is 12.0. The Kier molecular flexibility index (Phi) is 4.58. The third-order valence-corrected chi connectivity index (χ3v) is 3.92. The normalized spacial score (nSPS) is 12.2. The molecule has 3 aromatic rings. The van der Waals surface area contributed by atoms with Crippen LogP contribution in [0, 0.1) is 0 Å². The Morgan fingerprint density at radius 2 is 2.00 bits per heavy atom. The number of nitrogens with zero attached hydrogens (tertiary/aromatic N) is 3. The number of carbonyl (C=O) groups is 1. The number of hydrogen-bond acceptors (Lipinski definition) is 5. The van der Waals surface area contributed by atoms with Crippen LogP contribution in [0.3, 0.4) is 0 Å². The van der Waals surface area contributed by atoms with Crippen molar-refractivity contribution in [3.05, 3.63) is 69.9 Å². The summed E-state index contributed by atoms with van der Waals surface area (Å²) >= 11 is 0. The van der Waals surface area contributed by atoms with E-state index in [0.29, 0.717) is 22.3 Å². The molecule has 0 saturated carbocycles. The van der Waals surface area contributed by atoms with Gasteiger partial charge in [-0.2, -0.15) is 0 Å². The van der Waals surface area contributed by atoms with E-state index in [-0.39, 0.29) is 18.5 Å². The fourth-order valence-corrected chi connectivity index (χ4v) is 2.90.